The first-order valence-electron chi connectivity index (χ1n) is 5.81. The second-order valence-electron chi connectivity index (χ2n) is 4.40. The van der Waals surface area contributed by atoms with E-state index in [0.717, 1.165) is 6.07 Å². The zero-order chi connectivity index (χ0) is 16.5. The highest BCUT2D eigenvalue weighted by molar-refractivity contribution is 7.85. The molecule has 1 heterocycles. The van der Waals surface area contributed by atoms with Crippen LogP contribution < -0.4 is 0 Å². The molecule has 1 aliphatic rings. The largest absolute Gasteiger partial charge is 0.416 e. The predicted octanol–water partition coefficient (Wildman–Crippen LogP) is 3.52. The smallest absolute Gasteiger partial charge is 0.387 e. The van der Waals surface area contributed by atoms with Crippen LogP contribution in [-0.4, -0.2) is 18.7 Å². The SMILES string of the molecule is O=S(=O)(O)c1cc(C(F)(F)F)ccc1C1CC(C=CCl)=NO1. The maximum Gasteiger partial charge on any atom is 0.416 e. The van der Waals surface area contributed by atoms with Crippen LogP contribution in [0.1, 0.15) is 23.7 Å². The molecule has 0 amide bonds. The Morgan fingerprint density at radius 1 is 1.41 bits per heavy atom. The summed E-state index contributed by atoms with van der Waals surface area (Å²) in [6.07, 6.45) is -4.16. The molecule has 0 saturated heterocycles. The summed E-state index contributed by atoms with van der Waals surface area (Å²) in [6.45, 7) is 0. The summed E-state index contributed by atoms with van der Waals surface area (Å²) >= 11 is 5.37. The van der Waals surface area contributed by atoms with Crippen molar-refractivity contribution < 1.29 is 31.0 Å². The first kappa shape index (κ1) is 16.8. The highest BCUT2D eigenvalue weighted by atomic mass is 35.5. The molecule has 5 nitrogen and oxygen atoms in total. The number of oxime groups is 1. The number of alkyl halides is 3. The molecule has 1 aromatic carbocycles. The minimum atomic E-state index is -4.86. The number of hydrogen-bond donors (Lipinski definition) is 1. The minimum Gasteiger partial charge on any atom is -0.387 e. The van der Waals surface area contributed by atoms with Gasteiger partial charge in [0.2, 0.25) is 0 Å². The highest BCUT2D eigenvalue weighted by Crippen LogP contribution is 2.36. The van der Waals surface area contributed by atoms with Crippen molar-refractivity contribution in [1.29, 1.82) is 0 Å². The quantitative estimate of drug-likeness (QED) is 0.842. The number of rotatable bonds is 3. The van der Waals surface area contributed by atoms with Gasteiger partial charge in [-0.05, 0) is 18.2 Å². The van der Waals surface area contributed by atoms with Gasteiger partial charge < -0.3 is 4.84 Å². The van der Waals surface area contributed by atoms with E-state index in [1.54, 1.807) is 0 Å². The van der Waals surface area contributed by atoms with Crippen LogP contribution in [0, 0.1) is 0 Å². The summed E-state index contributed by atoms with van der Waals surface area (Å²) in [6, 6.07) is 2.02. The number of hydrogen-bond acceptors (Lipinski definition) is 4. The van der Waals surface area contributed by atoms with E-state index >= 15 is 0 Å². The van der Waals surface area contributed by atoms with Crippen LogP contribution in [0.15, 0.2) is 39.9 Å². The fourth-order valence-electron chi connectivity index (χ4n) is 1.93. The molecule has 1 aromatic rings. The van der Waals surface area contributed by atoms with Gasteiger partial charge in [0.25, 0.3) is 10.1 Å². The van der Waals surface area contributed by atoms with Crippen LogP contribution in [0.25, 0.3) is 0 Å². The molecule has 1 aliphatic heterocycles. The summed E-state index contributed by atoms with van der Waals surface area (Å²) in [7, 11) is -4.86. The van der Waals surface area contributed by atoms with E-state index in [2.05, 4.69) is 5.16 Å². The molecule has 1 N–H and O–H groups in total. The van der Waals surface area contributed by atoms with Crippen molar-refractivity contribution in [2.45, 2.75) is 23.6 Å². The number of halogens is 4. The fourth-order valence-corrected chi connectivity index (χ4v) is 2.85. The Morgan fingerprint density at radius 3 is 2.64 bits per heavy atom. The summed E-state index contributed by atoms with van der Waals surface area (Å²) in [5.41, 5.74) is 0.253. The van der Waals surface area contributed by atoms with Crippen LogP contribution in [0.2, 0.25) is 0 Å². The fraction of sp³-hybridized carbons (Fsp3) is 0.250. The van der Waals surface area contributed by atoms with E-state index in [4.69, 9.17) is 21.0 Å². The van der Waals surface area contributed by atoms with Gasteiger partial charge in [-0.25, -0.2) is 0 Å². The van der Waals surface area contributed by atoms with Crippen molar-refractivity contribution in [3.8, 4) is 0 Å². The van der Waals surface area contributed by atoms with Crippen molar-refractivity contribution in [1.82, 2.24) is 0 Å². The van der Waals surface area contributed by atoms with Crippen molar-refractivity contribution in [2.75, 3.05) is 0 Å². The summed E-state index contributed by atoms with van der Waals surface area (Å²) in [5, 5.41) is 3.62. The Labute approximate surface area is 128 Å². The molecule has 22 heavy (non-hydrogen) atoms. The van der Waals surface area contributed by atoms with Gasteiger partial charge in [0, 0.05) is 17.5 Å². The van der Waals surface area contributed by atoms with Gasteiger partial charge >= 0.3 is 6.18 Å². The van der Waals surface area contributed by atoms with Crippen LogP contribution >= 0.6 is 11.6 Å². The van der Waals surface area contributed by atoms with Crippen molar-refractivity contribution in [3.63, 3.8) is 0 Å². The molecule has 0 aromatic heterocycles. The lowest BCUT2D eigenvalue weighted by Crippen LogP contribution is -2.12. The molecule has 0 radical (unpaired) electrons. The van der Waals surface area contributed by atoms with Crippen molar-refractivity contribution >= 4 is 27.4 Å². The minimum absolute atomic E-state index is 0.108. The molecule has 1 unspecified atom stereocenters. The van der Waals surface area contributed by atoms with Crippen molar-refractivity contribution in [3.05, 3.63) is 40.9 Å². The molecular weight excluding hydrogens is 347 g/mol. The number of benzene rings is 1. The Balaban J connectivity index is 2.45. The van der Waals surface area contributed by atoms with Crippen LogP contribution in [0.5, 0.6) is 0 Å². The lowest BCUT2D eigenvalue weighted by atomic mass is 10.0. The van der Waals surface area contributed by atoms with E-state index in [0.29, 0.717) is 17.8 Å². The first-order chi connectivity index (χ1) is 10.1. The van der Waals surface area contributed by atoms with E-state index in [9.17, 15) is 21.6 Å². The van der Waals surface area contributed by atoms with E-state index < -0.39 is 32.9 Å². The molecule has 0 saturated carbocycles. The molecule has 0 bridgehead atoms. The summed E-state index contributed by atoms with van der Waals surface area (Å²) < 4.78 is 69.9. The second-order valence-corrected chi connectivity index (χ2v) is 6.04. The Morgan fingerprint density at radius 2 is 2.09 bits per heavy atom. The average Bonchev–Trinajstić information content (AvgIpc) is 2.85. The standard InChI is InChI=1S/C12H9ClF3NO4S/c13-4-3-8-6-10(21-17-8)9-2-1-7(12(14,15)16)5-11(9)22(18,19)20/h1-5,10H,6H2,(H,18,19,20). The van der Waals surface area contributed by atoms with Gasteiger partial charge in [0.05, 0.1) is 11.3 Å². The third kappa shape index (κ3) is 3.60. The Kier molecular flexibility index (Phi) is 4.50. The zero-order valence-corrected chi connectivity index (χ0v) is 12.3. The third-order valence-electron chi connectivity index (χ3n) is 2.91. The topological polar surface area (TPSA) is 76.0 Å². The van der Waals surface area contributed by atoms with E-state index in [1.807, 2.05) is 0 Å². The number of nitrogens with zero attached hydrogens (tertiary/aromatic N) is 1. The number of allylic oxidation sites excluding steroid dienone is 1. The third-order valence-corrected chi connectivity index (χ3v) is 3.95. The predicted molar refractivity (Wildman–Crippen MR) is 72.1 cm³/mol. The molecule has 1 atom stereocenters. The van der Waals surface area contributed by atoms with Crippen molar-refractivity contribution in [2.24, 2.45) is 5.16 Å². The van der Waals surface area contributed by atoms with Crippen LogP contribution in [-0.2, 0) is 21.1 Å². The second kappa shape index (κ2) is 5.90. The van der Waals surface area contributed by atoms with Gasteiger partial charge in [0.15, 0.2) is 6.10 Å². The van der Waals surface area contributed by atoms with Gasteiger partial charge in [-0.3, -0.25) is 4.55 Å². The molecule has 0 aliphatic carbocycles. The molecular formula is C12H9ClF3NO4S. The highest BCUT2D eigenvalue weighted by Gasteiger charge is 2.35. The zero-order valence-electron chi connectivity index (χ0n) is 10.7. The molecule has 2 rings (SSSR count). The monoisotopic (exact) mass is 355 g/mol. The maximum absolute atomic E-state index is 12.7. The average molecular weight is 356 g/mol. The molecule has 120 valence electrons. The van der Waals surface area contributed by atoms with E-state index in [-0.39, 0.29) is 12.0 Å². The van der Waals surface area contributed by atoms with Crippen LogP contribution in [0.4, 0.5) is 13.2 Å². The molecule has 0 spiro atoms. The normalized spacial score (nSPS) is 19.3. The molecule has 10 heteroatoms. The lowest BCUT2D eigenvalue weighted by molar-refractivity contribution is -0.137. The summed E-state index contributed by atoms with van der Waals surface area (Å²) in [4.78, 5) is 4.12. The Hall–Kier alpha value is -1.58. The van der Waals surface area contributed by atoms with Gasteiger partial charge in [0.1, 0.15) is 4.90 Å². The van der Waals surface area contributed by atoms with E-state index in [1.165, 1.54) is 11.6 Å². The first-order valence-corrected chi connectivity index (χ1v) is 7.68. The van der Waals surface area contributed by atoms with Crippen LogP contribution in [0.3, 0.4) is 0 Å². The lowest BCUT2D eigenvalue weighted by Gasteiger charge is -2.15. The Bertz CT molecular complexity index is 743. The van der Waals surface area contributed by atoms with Gasteiger partial charge in [-0.15, -0.1) is 0 Å². The molecule has 0 fully saturated rings. The summed E-state index contributed by atoms with van der Waals surface area (Å²) in [5.74, 6) is 0. The van der Waals surface area contributed by atoms with Gasteiger partial charge in [-0.2, -0.15) is 21.6 Å². The maximum atomic E-state index is 12.7. The van der Waals surface area contributed by atoms with Gasteiger partial charge in [-0.1, -0.05) is 22.8 Å².